The molecule has 1 N–H and O–H groups in total. The summed E-state index contributed by atoms with van der Waals surface area (Å²) in [5.74, 6) is 2.00. The molecular weight excluding hydrogens is 260 g/mol. The zero-order valence-electron chi connectivity index (χ0n) is 12.7. The van der Waals surface area contributed by atoms with E-state index >= 15 is 0 Å². The summed E-state index contributed by atoms with van der Waals surface area (Å²) >= 11 is 0. The molecule has 1 fully saturated rings. The zero-order valence-corrected chi connectivity index (χ0v) is 12.7. The third-order valence-electron chi connectivity index (χ3n) is 3.68. The van der Waals surface area contributed by atoms with Gasteiger partial charge in [-0.2, -0.15) is 0 Å². The topological polar surface area (TPSA) is 34.1 Å². The van der Waals surface area contributed by atoms with Crippen LogP contribution in [0.3, 0.4) is 0 Å². The molecule has 0 bridgehead atoms. The summed E-state index contributed by atoms with van der Waals surface area (Å²) < 4.78 is 5.89. The molecule has 1 aliphatic rings. The van der Waals surface area contributed by atoms with Gasteiger partial charge >= 0.3 is 0 Å². The van der Waals surface area contributed by atoms with Gasteiger partial charge in [-0.3, -0.25) is 0 Å². The van der Waals surface area contributed by atoms with E-state index in [0.29, 0.717) is 17.8 Å². The normalized spacial score (nSPS) is 14.4. The molecule has 110 valence electrons. The molecule has 3 heteroatoms. The van der Waals surface area contributed by atoms with Crippen LogP contribution in [0.2, 0.25) is 0 Å². The van der Waals surface area contributed by atoms with Crippen molar-refractivity contribution in [3.8, 4) is 11.6 Å². The second kappa shape index (κ2) is 6.27. The summed E-state index contributed by atoms with van der Waals surface area (Å²) in [7, 11) is 0. The molecule has 0 spiro atoms. The molecular formula is C18H22N2O. The minimum absolute atomic E-state index is 0.496. The predicted octanol–water partition coefficient (Wildman–Crippen LogP) is 4.25. The van der Waals surface area contributed by atoms with Crippen LogP contribution in [-0.4, -0.2) is 11.0 Å². The Morgan fingerprint density at radius 3 is 2.76 bits per heavy atom. The van der Waals surface area contributed by atoms with E-state index in [1.54, 1.807) is 0 Å². The summed E-state index contributed by atoms with van der Waals surface area (Å²) in [6.45, 7) is 5.18. The third-order valence-corrected chi connectivity index (χ3v) is 3.68. The van der Waals surface area contributed by atoms with Gasteiger partial charge < -0.3 is 10.1 Å². The van der Waals surface area contributed by atoms with E-state index in [2.05, 4.69) is 36.3 Å². The molecule has 0 atom stereocenters. The number of hydrogen-bond acceptors (Lipinski definition) is 3. The van der Waals surface area contributed by atoms with Gasteiger partial charge in [0, 0.05) is 18.7 Å². The molecule has 0 saturated heterocycles. The Morgan fingerprint density at radius 1 is 1.19 bits per heavy atom. The Hall–Kier alpha value is -1.87. The first-order valence-electron chi connectivity index (χ1n) is 7.68. The Bertz CT molecular complexity index is 606. The van der Waals surface area contributed by atoms with Crippen molar-refractivity contribution in [2.24, 2.45) is 0 Å². The minimum atomic E-state index is 0.496. The Balaban J connectivity index is 1.68. The van der Waals surface area contributed by atoms with Gasteiger partial charge in [0.25, 0.3) is 0 Å². The first kappa shape index (κ1) is 14.1. The number of nitrogens with zero attached hydrogens (tertiary/aromatic N) is 1. The molecule has 1 aromatic heterocycles. The number of aromatic nitrogens is 1. The van der Waals surface area contributed by atoms with E-state index in [1.807, 2.05) is 30.3 Å². The highest BCUT2D eigenvalue weighted by Crippen LogP contribution is 2.24. The fraction of sp³-hybridized carbons (Fsp3) is 0.389. The van der Waals surface area contributed by atoms with Crippen molar-refractivity contribution < 1.29 is 4.74 Å². The lowest BCUT2D eigenvalue weighted by Gasteiger charge is -2.10. The summed E-state index contributed by atoms with van der Waals surface area (Å²) in [5.41, 5.74) is 2.30. The molecule has 1 saturated carbocycles. The van der Waals surface area contributed by atoms with Crippen LogP contribution in [0, 0.1) is 0 Å². The number of nitrogens with one attached hydrogen (secondary N) is 1. The van der Waals surface area contributed by atoms with Crippen molar-refractivity contribution >= 4 is 0 Å². The summed E-state index contributed by atoms with van der Waals surface area (Å²) in [4.78, 5) is 4.56. The van der Waals surface area contributed by atoms with Gasteiger partial charge in [0.15, 0.2) is 0 Å². The van der Waals surface area contributed by atoms with Crippen molar-refractivity contribution in [3.63, 3.8) is 0 Å². The highest BCUT2D eigenvalue weighted by molar-refractivity contribution is 5.33. The maximum atomic E-state index is 5.89. The van der Waals surface area contributed by atoms with Gasteiger partial charge in [-0.15, -0.1) is 0 Å². The molecule has 0 aliphatic heterocycles. The van der Waals surface area contributed by atoms with Gasteiger partial charge in [0.2, 0.25) is 5.88 Å². The molecule has 3 rings (SSSR count). The van der Waals surface area contributed by atoms with Crippen LogP contribution >= 0.6 is 0 Å². The molecule has 0 unspecified atom stereocenters. The second-order valence-corrected chi connectivity index (χ2v) is 5.95. The fourth-order valence-electron chi connectivity index (χ4n) is 2.21. The van der Waals surface area contributed by atoms with E-state index < -0.39 is 0 Å². The lowest BCUT2D eigenvalue weighted by molar-refractivity contribution is 0.458. The van der Waals surface area contributed by atoms with Crippen LogP contribution in [-0.2, 0) is 6.54 Å². The van der Waals surface area contributed by atoms with Crippen molar-refractivity contribution in [2.75, 3.05) is 0 Å². The third kappa shape index (κ3) is 4.05. The van der Waals surface area contributed by atoms with Crippen molar-refractivity contribution in [3.05, 3.63) is 53.7 Å². The van der Waals surface area contributed by atoms with Gasteiger partial charge in [-0.05, 0) is 42.5 Å². The number of rotatable bonds is 6. The highest BCUT2D eigenvalue weighted by Gasteiger charge is 2.20. The van der Waals surface area contributed by atoms with Crippen LogP contribution in [0.1, 0.15) is 43.9 Å². The quantitative estimate of drug-likeness (QED) is 0.860. The van der Waals surface area contributed by atoms with E-state index in [1.165, 1.54) is 18.4 Å². The molecule has 0 amide bonds. The zero-order chi connectivity index (χ0) is 14.7. The number of ether oxygens (including phenoxy) is 1. The largest absolute Gasteiger partial charge is 0.439 e. The summed E-state index contributed by atoms with van der Waals surface area (Å²) in [6.07, 6.45) is 2.58. The fourth-order valence-corrected chi connectivity index (χ4v) is 2.21. The SMILES string of the molecule is CC(C)c1cccc(Oc2cccc(CNC3CC3)n2)c1. The summed E-state index contributed by atoms with van der Waals surface area (Å²) in [5, 5.41) is 3.47. The Labute approximate surface area is 126 Å². The average molecular weight is 282 g/mol. The van der Waals surface area contributed by atoms with Crippen LogP contribution in [0.5, 0.6) is 11.6 Å². The number of hydrogen-bond donors (Lipinski definition) is 1. The van der Waals surface area contributed by atoms with E-state index in [-0.39, 0.29) is 0 Å². The van der Waals surface area contributed by atoms with Crippen molar-refractivity contribution in [1.29, 1.82) is 0 Å². The smallest absolute Gasteiger partial charge is 0.219 e. The maximum absolute atomic E-state index is 5.89. The van der Waals surface area contributed by atoms with Gasteiger partial charge in [0.05, 0.1) is 5.69 Å². The second-order valence-electron chi connectivity index (χ2n) is 5.95. The molecule has 21 heavy (non-hydrogen) atoms. The van der Waals surface area contributed by atoms with Gasteiger partial charge in [0.1, 0.15) is 5.75 Å². The van der Waals surface area contributed by atoms with Crippen LogP contribution in [0.25, 0.3) is 0 Å². The lowest BCUT2D eigenvalue weighted by atomic mass is 10.0. The molecule has 1 aromatic carbocycles. The Morgan fingerprint density at radius 2 is 2.00 bits per heavy atom. The van der Waals surface area contributed by atoms with Gasteiger partial charge in [-0.25, -0.2) is 4.98 Å². The van der Waals surface area contributed by atoms with Gasteiger partial charge in [-0.1, -0.05) is 32.0 Å². The Kier molecular flexibility index (Phi) is 4.20. The van der Waals surface area contributed by atoms with E-state index in [0.717, 1.165) is 18.0 Å². The molecule has 1 heterocycles. The minimum Gasteiger partial charge on any atom is -0.439 e. The van der Waals surface area contributed by atoms with E-state index in [4.69, 9.17) is 4.74 Å². The molecule has 0 radical (unpaired) electrons. The standard InChI is InChI=1S/C18H22N2O/c1-13(2)14-5-3-7-17(11-14)21-18-8-4-6-16(20-18)12-19-15-9-10-15/h3-8,11,13,15,19H,9-10,12H2,1-2H3. The predicted molar refractivity (Wildman–Crippen MR) is 84.7 cm³/mol. The first-order valence-corrected chi connectivity index (χ1v) is 7.68. The summed E-state index contributed by atoms with van der Waals surface area (Å²) in [6, 6.07) is 14.8. The highest BCUT2D eigenvalue weighted by atomic mass is 16.5. The van der Waals surface area contributed by atoms with Crippen LogP contribution < -0.4 is 10.1 Å². The molecule has 3 nitrogen and oxygen atoms in total. The van der Waals surface area contributed by atoms with Crippen molar-refractivity contribution in [1.82, 2.24) is 10.3 Å². The first-order chi connectivity index (χ1) is 10.2. The lowest BCUT2D eigenvalue weighted by Crippen LogP contribution is -2.16. The average Bonchev–Trinajstić information content (AvgIpc) is 3.30. The maximum Gasteiger partial charge on any atom is 0.219 e. The van der Waals surface area contributed by atoms with Crippen LogP contribution in [0.4, 0.5) is 0 Å². The molecule has 1 aliphatic carbocycles. The van der Waals surface area contributed by atoms with E-state index in [9.17, 15) is 0 Å². The van der Waals surface area contributed by atoms with Crippen LogP contribution in [0.15, 0.2) is 42.5 Å². The van der Waals surface area contributed by atoms with Crippen molar-refractivity contribution in [2.45, 2.75) is 45.2 Å². The monoisotopic (exact) mass is 282 g/mol. The number of pyridine rings is 1. The number of benzene rings is 1. The molecule has 2 aromatic rings.